The first-order valence-electron chi connectivity index (χ1n) is 8.14. The van der Waals surface area contributed by atoms with Gasteiger partial charge in [-0.15, -0.1) is 11.3 Å². The van der Waals surface area contributed by atoms with Gasteiger partial charge in [-0.2, -0.15) is 0 Å². The first-order chi connectivity index (χ1) is 13.1. The first kappa shape index (κ1) is 16.4. The van der Waals surface area contributed by atoms with Crippen molar-refractivity contribution in [3.05, 3.63) is 58.7 Å². The van der Waals surface area contributed by atoms with Gasteiger partial charge in [-0.05, 0) is 30.3 Å². The molecule has 0 saturated carbocycles. The lowest BCUT2D eigenvalue weighted by Crippen LogP contribution is -2.49. The van der Waals surface area contributed by atoms with Crippen LogP contribution in [-0.2, 0) is 5.79 Å². The molecule has 9 heteroatoms. The lowest BCUT2D eigenvalue weighted by molar-refractivity contribution is 0.174. The van der Waals surface area contributed by atoms with Gasteiger partial charge in [0.15, 0.2) is 11.5 Å². The number of rotatable bonds is 2. The molecule has 2 aromatic carbocycles. The van der Waals surface area contributed by atoms with Gasteiger partial charge in [-0.3, -0.25) is 5.73 Å². The minimum absolute atomic E-state index is 0.157. The number of nitrogens with one attached hydrogen (secondary N) is 2. The molecule has 1 unspecified atom stereocenters. The minimum Gasteiger partial charge on any atom is -0.454 e. The average molecular weight is 400 g/mol. The molecular weight excluding hydrogens is 386 g/mol. The predicted octanol–water partition coefficient (Wildman–Crippen LogP) is 3.37. The van der Waals surface area contributed by atoms with Crippen molar-refractivity contribution in [3.63, 3.8) is 0 Å². The molecule has 0 aliphatic carbocycles. The van der Waals surface area contributed by atoms with E-state index in [4.69, 9.17) is 26.8 Å². The lowest BCUT2D eigenvalue weighted by atomic mass is 10.1. The van der Waals surface area contributed by atoms with Crippen LogP contribution < -0.4 is 25.8 Å². The largest absolute Gasteiger partial charge is 0.454 e. The van der Waals surface area contributed by atoms with Gasteiger partial charge < -0.3 is 20.1 Å². The number of hydrogen-bond donors (Lipinski definition) is 3. The Morgan fingerprint density at radius 1 is 1.26 bits per heavy atom. The van der Waals surface area contributed by atoms with Crippen molar-refractivity contribution in [3.8, 4) is 11.5 Å². The summed E-state index contributed by atoms with van der Waals surface area (Å²) < 4.78 is 12.0. The fourth-order valence-corrected chi connectivity index (χ4v) is 3.92. The molecule has 5 rings (SSSR count). The van der Waals surface area contributed by atoms with Crippen LogP contribution in [0, 0.1) is 0 Å². The molecule has 3 heterocycles. The number of nitrogens with zero attached hydrogens (tertiary/aromatic N) is 2. The maximum absolute atomic E-state index is 6.54. The molecule has 7 nitrogen and oxygen atoms in total. The molecule has 2 aliphatic heterocycles. The first-order valence-corrected chi connectivity index (χ1v) is 9.40. The molecule has 4 N–H and O–H groups in total. The molecule has 0 radical (unpaired) electrons. The molecule has 3 aromatic rings. The van der Waals surface area contributed by atoms with E-state index in [-0.39, 0.29) is 6.79 Å². The summed E-state index contributed by atoms with van der Waals surface area (Å²) in [6, 6.07) is 9.36. The van der Waals surface area contributed by atoms with Crippen LogP contribution in [0.2, 0.25) is 5.02 Å². The minimum atomic E-state index is -1.11. The van der Waals surface area contributed by atoms with E-state index in [1.165, 1.54) is 0 Å². The van der Waals surface area contributed by atoms with E-state index in [0.717, 1.165) is 15.8 Å². The quantitative estimate of drug-likeness (QED) is 0.611. The second-order valence-corrected chi connectivity index (χ2v) is 7.35. The van der Waals surface area contributed by atoms with E-state index in [2.05, 4.69) is 20.6 Å². The van der Waals surface area contributed by atoms with Crippen LogP contribution in [0.4, 0.5) is 5.69 Å². The highest BCUT2D eigenvalue weighted by Gasteiger charge is 2.29. The number of anilines is 1. The monoisotopic (exact) mass is 399 g/mol. The number of amidine groups is 1. The Balaban J connectivity index is 1.51. The topological polar surface area (TPSA) is 93.8 Å². The molecule has 1 aromatic heterocycles. The van der Waals surface area contributed by atoms with Crippen molar-refractivity contribution < 1.29 is 9.47 Å². The summed E-state index contributed by atoms with van der Waals surface area (Å²) in [6.07, 6.45) is 3.53. The second kappa shape index (κ2) is 6.12. The van der Waals surface area contributed by atoms with E-state index in [1.807, 2.05) is 23.7 Å². The van der Waals surface area contributed by atoms with Crippen molar-refractivity contribution in [1.82, 2.24) is 10.3 Å². The van der Waals surface area contributed by atoms with Gasteiger partial charge in [0, 0.05) is 11.8 Å². The summed E-state index contributed by atoms with van der Waals surface area (Å²) in [5.41, 5.74) is 10.7. The van der Waals surface area contributed by atoms with Crippen LogP contribution in [0.15, 0.2) is 53.1 Å². The summed E-state index contributed by atoms with van der Waals surface area (Å²) in [4.78, 5) is 8.95. The second-order valence-electron chi connectivity index (χ2n) is 6.06. The van der Waals surface area contributed by atoms with E-state index in [1.54, 1.807) is 35.7 Å². The van der Waals surface area contributed by atoms with Gasteiger partial charge in [0.2, 0.25) is 12.6 Å². The Hall–Kier alpha value is -2.81. The van der Waals surface area contributed by atoms with E-state index >= 15 is 0 Å². The van der Waals surface area contributed by atoms with Gasteiger partial charge in [0.05, 0.1) is 20.7 Å². The third kappa shape index (κ3) is 2.78. The Bertz CT molecular complexity index is 1110. The number of aromatic nitrogens is 1. The van der Waals surface area contributed by atoms with Crippen LogP contribution in [0.5, 0.6) is 11.5 Å². The zero-order chi connectivity index (χ0) is 18.4. The van der Waals surface area contributed by atoms with Crippen LogP contribution >= 0.6 is 22.9 Å². The van der Waals surface area contributed by atoms with Gasteiger partial charge in [-0.25, -0.2) is 9.98 Å². The summed E-state index contributed by atoms with van der Waals surface area (Å²) >= 11 is 7.90. The highest BCUT2D eigenvalue weighted by Crippen LogP contribution is 2.43. The van der Waals surface area contributed by atoms with Crippen molar-refractivity contribution in [1.29, 1.82) is 0 Å². The van der Waals surface area contributed by atoms with Gasteiger partial charge in [-0.1, -0.05) is 17.7 Å². The van der Waals surface area contributed by atoms with E-state index in [9.17, 15) is 0 Å². The summed E-state index contributed by atoms with van der Waals surface area (Å²) in [5, 5.41) is 6.82. The molecule has 1 atom stereocenters. The zero-order valence-corrected chi connectivity index (χ0v) is 15.5. The van der Waals surface area contributed by atoms with Crippen molar-refractivity contribution >= 4 is 44.7 Å². The van der Waals surface area contributed by atoms with E-state index < -0.39 is 5.79 Å². The average Bonchev–Trinajstić information content (AvgIpc) is 3.32. The summed E-state index contributed by atoms with van der Waals surface area (Å²) in [7, 11) is 0. The Labute approximate surface area is 163 Å². The Morgan fingerprint density at radius 2 is 2.19 bits per heavy atom. The number of aliphatic imine (C=N–C) groups is 1. The number of benzene rings is 2. The van der Waals surface area contributed by atoms with Crippen molar-refractivity contribution in [2.24, 2.45) is 10.7 Å². The number of halogens is 1. The Morgan fingerprint density at radius 3 is 3.11 bits per heavy atom. The summed E-state index contributed by atoms with van der Waals surface area (Å²) in [6.45, 7) is 0.157. The predicted molar refractivity (Wildman–Crippen MR) is 106 cm³/mol. The Kier molecular flexibility index (Phi) is 3.71. The number of ether oxygens (including phenoxy) is 2. The van der Waals surface area contributed by atoms with Crippen LogP contribution in [-0.4, -0.2) is 17.6 Å². The third-order valence-corrected chi connectivity index (χ3v) is 5.46. The summed E-state index contributed by atoms with van der Waals surface area (Å²) in [5.74, 6) is 0.629. The molecule has 2 aliphatic rings. The van der Waals surface area contributed by atoms with Crippen molar-refractivity contribution in [2.75, 3.05) is 12.1 Å². The lowest BCUT2D eigenvalue weighted by Gasteiger charge is -2.30. The fourth-order valence-electron chi connectivity index (χ4n) is 3.01. The van der Waals surface area contributed by atoms with Gasteiger partial charge in [0.1, 0.15) is 11.5 Å². The highest BCUT2D eigenvalue weighted by molar-refractivity contribution is 7.16. The SMILES string of the molecule is NC1(c2ccc3ncsc3c2)N=C(Nc2c(Cl)ccc3c2OCO3)C=CN1. The van der Waals surface area contributed by atoms with Gasteiger partial charge >= 0.3 is 0 Å². The van der Waals surface area contributed by atoms with E-state index in [0.29, 0.717) is 28.0 Å². The molecule has 27 heavy (non-hydrogen) atoms. The molecule has 136 valence electrons. The fraction of sp³-hybridized carbons (Fsp3) is 0.111. The van der Waals surface area contributed by atoms with Gasteiger partial charge in [0.25, 0.3) is 0 Å². The molecule has 0 amide bonds. The molecule has 0 spiro atoms. The zero-order valence-electron chi connectivity index (χ0n) is 13.9. The van der Waals surface area contributed by atoms with Crippen molar-refractivity contribution in [2.45, 2.75) is 5.79 Å². The maximum atomic E-state index is 6.54. The van der Waals surface area contributed by atoms with Crippen LogP contribution in [0.25, 0.3) is 10.2 Å². The standard InChI is InChI=1S/C18H14ClN5O2S/c19-11-2-4-13-17(26-9-25-13)16(11)23-15-5-6-22-18(20,24-15)10-1-3-12-14(7-10)27-8-21-12/h1-8,22H,9,20H2,(H,23,24). The number of thiazole rings is 1. The molecule has 0 fully saturated rings. The van der Waals surface area contributed by atoms with Crippen LogP contribution in [0.3, 0.4) is 0 Å². The number of hydrogen-bond acceptors (Lipinski definition) is 8. The molecule has 0 saturated heterocycles. The van der Waals surface area contributed by atoms with Crippen LogP contribution in [0.1, 0.15) is 5.56 Å². The number of fused-ring (bicyclic) bond motifs is 2. The number of nitrogens with two attached hydrogens (primary N) is 1. The maximum Gasteiger partial charge on any atom is 0.231 e. The molecular formula is C18H14ClN5O2S. The smallest absolute Gasteiger partial charge is 0.231 e. The third-order valence-electron chi connectivity index (χ3n) is 4.35. The normalized spacial score (nSPS) is 20.4. The highest BCUT2D eigenvalue weighted by atomic mass is 35.5. The molecule has 0 bridgehead atoms.